The van der Waals surface area contributed by atoms with Crippen LogP contribution in [0.25, 0.3) is 21.5 Å². The summed E-state index contributed by atoms with van der Waals surface area (Å²) in [6.45, 7) is 0. The van der Waals surface area contributed by atoms with Crippen LogP contribution in [0.4, 0.5) is 5.69 Å². The molecule has 7 heteroatoms. The fourth-order valence-corrected chi connectivity index (χ4v) is 3.92. The number of anilines is 1. The SMILES string of the molecule is O=C(CCCC(=O)Nc1ccc(Cl)c(Cl)c1)N/N=C\c1c2ccccc2cc2ccccc12. The lowest BCUT2D eigenvalue weighted by molar-refractivity contribution is -0.121. The Bertz CT molecular complexity index is 1310. The van der Waals surface area contributed by atoms with E-state index in [0.29, 0.717) is 22.2 Å². The number of hydrogen-bond acceptors (Lipinski definition) is 3. The standard InChI is InChI=1S/C26H21Cl2N3O2/c27-23-13-12-19(15-24(23)28)30-25(32)10-5-11-26(33)31-29-16-22-20-8-3-1-6-17(20)14-18-7-2-4-9-21(18)22/h1-4,6-9,12-16H,5,10-11H2,(H,30,32)(H,31,33)/b29-16-. The van der Waals surface area contributed by atoms with Gasteiger partial charge < -0.3 is 5.32 Å². The molecule has 4 rings (SSSR count). The minimum absolute atomic E-state index is 0.183. The molecule has 0 bridgehead atoms. The monoisotopic (exact) mass is 477 g/mol. The van der Waals surface area contributed by atoms with E-state index in [1.54, 1.807) is 24.4 Å². The van der Waals surface area contributed by atoms with Crippen molar-refractivity contribution in [1.29, 1.82) is 0 Å². The molecule has 4 aromatic carbocycles. The Kier molecular flexibility index (Phi) is 7.23. The Balaban J connectivity index is 1.33. The van der Waals surface area contributed by atoms with Crippen molar-refractivity contribution in [2.45, 2.75) is 19.3 Å². The molecule has 166 valence electrons. The topological polar surface area (TPSA) is 70.6 Å². The molecule has 0 spiro atoms. The van der Waals surface area contributed by atoms with Crippen molar-refractivity contribution in [3.8, 4) is 0 Å². The fraction of sp³-hybridized carbons (Fsp3) is 0.115. The average Bonchev–Trinajstić information content (AvgIpc) is 2.81. The van der Waals surface area contributed by atoms with Crippen LogP contribution in [0.2, 0.25) is 10.0 Å². The van der Waals surface area contributed by atoms with E-state index in [4.69, 9.17) is 23.2 Å². The molecule has 0 fully saturated rings. The van der Waals surface area contributed by atoms with Crippen LogP contribution in [-0.4, -0.2) is 18.0 Å². The first-order valence-corrected chi connectivity index (χ1v) is 11.2. The molecule has 0 saturated heterocycles. The van der Waals surface area contributed by atoms with Crippen LogP contribution in [0.5, 0.6) is 0 Å². The summed E-state index contributed by atoms with van der Waals surface area (Å²) in [5, 5.41) is 12.0. The van der Waals surface area contributed by atoms with Crippen LogP contribution >= 0.6 is 23.2 Å². The van der Waals surface area contributed by atoms with Gasteiger partial charge in [-0.25, -0.2) is 5.43 Å². The van der Waals surface area contributed by atoms with E-state index in [1.807, 2.05) is 36.4 Å². The van der Waals surface area contributed by atoms with E-state index in [2.05, 4.69) is 34.0 Å². The van der Waals surface area contributed by atoms with Gasteiger partial charge in [0, 0.05) is 24.1 Å². The number of amides is 2. The lowest BCUT2D eigenvalue weighted by Gasteiger charge is -2.08. The van der Waals surface area contributed by atoms with Gasteiger partial charge in [0.15, 0.2) is 0 Å². The number of benzene rings is 4. The Morgan fingerprint density at radius 1 is 0.788 bits per heavy atom. The molecule has 0 saturated carbocycles. The van der Waals surface area contributed by atoms with Gasteiger partial charge in [-0.3, -0.25) is 9.59 Å². The molecular formula is C26H21Cl2N3O2. The van der Waals surface area contributed by atoms with Crippen LogP contribution < -0.4 is 10.7 Å². The normalized spacial score (nSPS) is 11.2. The first-order chi connectivity index (χ1) is 16.0. The number of hydrogen-bond donors (Lipinski definition) is 2. The summed E-state index contributed by atoms with van der Waals surface area (Å²) >= 11 is 11.8. The maximum atomic E-state index is 12.2. The second kappa shape index (κ2) is 10.5. The van der Waals surface area contributed by atoms with E-state index < -0.39 is 0 Å². The van der Waals surface area contributed by atoms with Crippen LogP contribution in [-0.2, 0) is 9.59 Å². The highest BCUT2D eigenvalue weighted by Gasteiger charge is 2.08. The third-order valence-electron chi connectivity index (χ3n) is 5.21. The predicted molar refractivity (Wildman–Crippen MR) is 136 cm³/mol. The fourth-order valence-electron chi connectivity index (χ4n) is 3.62. The highest BCUT2D eigenvalue weighted by molar-refractivity contribution is 6.42. The van der Waals surface area contributed by atoms with E-state index in [1.165, 1.54) is 0 Å². The summed E-state index contributed by atoms with van der Waals surface area (Å²) in [4.78, 5) is 24.3. The van der Waals surface area contributed by atoms with Crippen molar-refractivity contribution in [3.63, 3.8) is 0 Å². The summed E-state index contributed by atoms with van der Waals surface area (Å²) in [6, 6.07) is 23.2. The first kappa shape index (κ1) is 22.8. The van der Waals surface area contributed by atoms with Gasteiger partial charge in [-0.05, 0) is 52.2 Å². The Hall–Kier alpha value is -3.41. The first-order valence-electron chi connectivity index (χ1n) is 10.5. The molecule has 2 N–H and O–H groups in total. The van der Waals surface area contributed by atoms with E-state index in [9.17, 15) is 9.59 Å². The lowest BCUT2D eigenvalue weighted by Crippen LogP contribution is -2.18. The zero-order valence-corrected chi connectivity index (χ0v) is 19.2. The minimum Gasteiger partial charge on any atom is -0.326 e. The van der Waals surface area contributed by atoms with Crippen LogP contribution in [0.3, 0.4) is 0 Å². The summed E-state index contributed by atoms with van der Waals surface area (Å²) in [6.07, 6.45) is 2.46. The van der Waals surface area contributed by atoms with Crippen LogP contribution in [0, 0.1) is 0 Å². The quantitative estimate of drug-likeness (QED) is 0.179. The number of halogens is 2. The van der Waals surface area contributed by atoms with E-state index in [-0.39, 0.29) is 24.7 Å². The third kappa shape index (κ3) is 5.69. The number of carbonyl (C=O) groups excluding carboxylic acids is 2. The molecule has 33 heavy (non-hydrogen) atoms. The molecule has 0 unspecified atom stereocenters. The van der Waals surface area contributed by atoms with Gasteiger partial charge in [-0.15, -0.1) is 0 Å². The van der Waals surface area contributed by atoms with E-state index >= 15 is 0 Å². The summed E-state index contributed by atoms with van der Waals surface area (Å²) in [5.41, 5.74) is 4.07. The van der Waals surface area contributed by atoms with E-state index in [0.717, 1.165) is 27.1 Å². The number of fused-ring (bicyclic) bond motifs is 2. The van der Waals surface area contributed by atoms with Gasteiger partial charge in [0.05, 0.1) is 16.3 Å². The van der Waals surface area contributed by atoms with Crippen molar-refractivity contribution < 1.29 is 9.59 Å². The third-order valence-corrected chi connectivity index (χ3v) is 5.95. The number of hydrazone groups is 1. The van der Waals surface area contributed by atoms with Gasteiger partial charge in [-0.1, -0.05) is 71.7 Å². The van der Waals surface area contributed by atoms with Crippen molar-refractivity contribution >= 4 is 68.5 Å². The highest BCUT2D eigenvalue weighted by Crippen LogP contribution is 2.27. The molecule has 2 amide bonds. The Morgan fingerprint density at radius 2 is 1.42 bits per heavy atom. The summed E-state index contributed by atoms with van der Waals surface area (Å²) in [5.74, 6) is -0.454. The zero-order chi connectivity index (χ0) is 23.2. The summed E-state index contributed by atoms with van der Waals surface area (Å²) in [7, 11) is 0. The maximum absolute atomic E-state index is 12.2. The molecule has 0 heterocycles. The van der Waals surface area contributed by atoms with Crippen molar-refractivity contribution in [2.75, 3.05) is 5.32 Å². The summed E-state index contributed by atoms with van der Waals surface area (Å²) < 4.78 is 0. The van der Waals surface area contributed by atoms with Gasteiger partial charge >= 0.3 is 0 Å². The largest absolute Gasteiger partial charge is 0.326 e. The van der Waals surface area contributed by atoms with Crippen molar-refractivity contribution in [2.24, 2.45) is 5.10 Å². The lowest BCUT2D eigenvalue weighted by atomic mass is 9.97. The molecule has 0 aliphatic carbocycles. The Labute approximate surface area is 201 Å². The molecule has 0 atom stereocenters. The molecule has 0 aliphatic rings. The van der Waals surface area contributed by atoms with Gasteiger partial charge in [0.2, 0.25) is 11.8 Å². The highest BCUT2D eigenvalue weighted by atomic mass is 35.5. The zero-order valence-electron chi connectivity index (χ0n) is 17.6. The Morgan fingerprint density at radius 3 is 2.09 bits per heavy atom. The molecular weight excluding hydrogens is 457 g/mol. The van der Waals surface area contributed by atoms with Crippen molar-refractivity contribution in [3.05, 3.63) is 88.4 Å². The maximum Gasteiger partial charge on any atom is 0.240 e. The second-order valence-corrected chi connectivity index (χ2v) is 8.37. The molecule has 4 aromatic rings. The van der Waals surface area contributed by atoms with Gasteiger partial charge in [0.1, 0.15) is 0 Å². The second-order valence-electron chi connectivity index (χ2n) is 7.56. The predicted octanol–water partition coefficient (Wildman–Crippen LogP) is 6.56. The van der Waals surface area contributed by atoms with Gasteiger partial charge in [-0.2, -0.15) is 5.10 Å². The number of rotatable bonds is 7. The molecule has 0 aliphatic heterocycles. The minimum atomic E-state index is -0.252. The van der Waals surface area contributed by atoms with Crippen LogP contribution in [0.15, 0.2) is 77.9 Å². The van der Waals surface area contributed by atoms with Crippen molar-refractivity contribution in [1.82, 2.24) is 5.43 Å². The van der Waals surface area contributed by atoms with Gasteiger partial charge in [0.25, 0.3) is 0 Å². The number of nitrogens with one attached hydrogen (secondary N) is 2. The van der Waals surface area contributed by atoms with Crippen LogP contribution in [0.1, 0.15) is 24.8 Å². The molecule has 0 aromatic heterocycles. The average molecular weight is 478 g/mol. The smallest absolute Gasteiger partial charge is 0.240 e. The number of nitrogens with zero attached hydrogens (tertiary/aromatic N) is 1. The molecule has 0 radical (unpaired) electrons. The number of carbonyl (C=O) groups is 2. The molecule has 5 nitrogen and oxygen atoms in total.